The fourth-order valence-corrected chi connectivity index (χ4v) is 2.64. The van der Waals surface area contributed by atoms with Crippen molar-refractivity contribution < 1.29 is 5.82 Å². The largest absolute Gasteiger partial charge is 0.370 e. The summed E-state index contributed by atoms with van der Waals surface area (Å²) in [7, 11) is 0. The van der Waals surface area contributed by atoms with Gasteiger partial charge in [0, 0.05) is 20.2 Å². The molecule has 0 aliphatic heterocycles. The van der Waals surface area contributed by atoms with Crippen LogP contribution >= 0.6 is 0 Å². The van der Waals surface area contributed by atoms with Gasteiger partial charge in [-0.05, 0) is 37.7 Å². The van der Waals surface area contributed by atoms with E-state index in [9.17, 15) is 4.39 Å². The molecule has 2 aromatic rings. The molecule has 2 heterocycles. The Morgan fingerprint density at radius 3 is 2.84 bits per heavy atom. The Hall–Kier alpha value is -2.31. The zero-order valence-corrected chi connectivity index (χ0v) is 14.8. The molecule has 2 aromatic heterocycles. The summed E-state index contributed by atoms with van der Waals surface area (Å²) in [6, 6.07) is 2.06. The molecule has 0 amide bonds. The normalized spacial score (nSPS) is 15.0. The topological polar surface area (TPSA) is 75.6 Å². The van der Waals surface area contributed by atoms with E-state index in [0.29, 0.717) is 11.8 Å². The van der Waals surface area contributed by atoms with Crippen LogP contribution in [0, 0.1) is 11.7 Å². The summed E-state index contributed by atoms with van der Waals surface area (Å²) in [4.78, 5) is 16.9. The molecule has 2 N–H and O–H groups in total. The first-order valence-electron chi connectivity index (χ1n) is 9.06. The lowest BCUT2D eigenvalue weighted by atomic mass is 10.1. The first-order valence-corrected chi connectivity index (χ1v) is 9.06. The van der Waals surface area contributed by atoms with Crippen LogP contribution in [0.5, 0.6) is 0 Å². The summed E-state index contributed by atoms with van der Waals surface area (Å²) in [5.74, 6) is 1.59. The van der Waals surface area contributed by atoms with Crippen LogP contribution in [-0.2, 0) is 0 Å². The maximum Gasteiger partial charge on any atom is 0.223 e. The van der Waals surface area contributed by atoms with E-state index in [1.807, 2.05) is 0 Å². The first kappa shape index (κ1) is 17.5. The van der Waals surface area contributed by atoms with Crippen LogP contribution in [0.3, 0.4) is 0 Å². The summed E-state index contributed by atoms with van der Waals surface area (Å²) in [5, 5.41) is 6.55. The number of hydrogen-bond donors (Lipinski definition) is 2. The molecular formula is C18H27FN6. The smallest absolute Gasteiger partial charge is 0.223 e. The van der Waals surface area contributed by atoms with Crippen LogP contribution in [-0.4, -0.2) is 32.5 Å². The Balaban J connectivity index is 0.00000243. The van der Waals surface area contributed by atoms with E-state index in [4.69, 9.17) is 0 Å². The van der Waals surface area contributed by atoms with Crippen molar-refractivity contribution in [3.63, 3.8) is 0 Å². The summed E-state index contributed by atoms with van der Waals surface area (Å²) in [5.41, 5.74) is 0.124. The van der Waals surface area contributed by atoms with Crippen molar-refractivity contribution in [2.45, 2.75) is 52.0 Å². The second-order valence-electron chi connectivity index (χ2n) is 6.52. The highest BCUT2D eigenvalue weighted by Gasteiger charge is 2.21. The molecule has 1 saturated carbocycles. The van der Waals surface area contributed by atoms with Gasteiger partial charge in [0.1, 0.15) is 11.5 Å². The van der Waals surface area contributed by atoms with Crippen molar-refractivity contribution in [1.82, 2.24) is 19.9 Å². The van der Waals surface area contributed by atoms with Crippen LogP contribution in [0.25, 0.3) is 11.5 Å². The van der Waals surface area contributed by atoms with E-state index in [-0.39, 0.29) is 19.0 Å². The average Bonchev–Trinajstić information content (AvgIpc) is 3.46. The maximum atomic E-state index is 14.2. The summed E-state index contributed by atoms with van der Waals surface area (Å²) in [6.07, 6.45) is 8.37. The minimum atomic E-state index is -0.520. The first-order chi connectivity index (χ1) is 12.2. The second kappa shape index (κ2) is 8.18. The molecule has 6 nitrogen and oxygen atoms in total. The van der Waals surface area contributed by atoms with Crippen molar-refractivity contribution in [3.8, 4) is 11.5 Å². The highest BCUT2D eigenvalue weighted by atomic mass is 19.1. The molecule has 25 heavy (non-hydrogen) atoms. The molecule has 1 aliphatic rings. The van der Waals surface area contributed by atoms with Gasteiger partial charge >= 0.3 is 0 Å². The zero-order valence-electron chi connectivity index (χ0n) is 14.8. The monoisotopic (exact) mass is 346 g/mol. The van der Waals surface area contributed by atoms with Gasteiger partial charge in [0.25, 0.3) is 0 Å². The molecular weight excluding hydrogens is 319 g/mol. The minimum absolute atomic E-state index is 0. The molecule has 1 atom stereocenters. The maximum absolute atomic E-state index is 14.2. The number of halogens is 1. The Morgan fingerprint density at radius 1 is 1.28 bits per heavy atom. The predicted octanol–water partition coefficient (Wildman–Crippen LogP) is 4.13. The summed E-state index contributed by atoms with van der Waals surface area (Å²) < 4.78 is 14.2. The lowest BCUT2D eigenvalue weighted by molar-refractivity contribution is 0.604. The van der Waals surface area contributed by atoms with Gasteiger partial charge in [0.05, 0.1) is 6.20 Å². The third kappa shape index (κ3) is 4.84. The molecule has 1 aliphatic carbocycles. The van der Waals surface area contributed by atoms with Crippen molar-refractivity contribution in [1.29, 1.82) is 0 Å². The molecule has 0 saturated heterocycles. The van der Waals surface area contributed by atoms with Gasteiger partial charge in [-0.25, -0.2) is 24.3 Å². The molecule has 7 heteroatoms. The van der Waals surface area contributed by atoms with E-state index < -0.39 is 5.82 Å². The van der Waals surface area contributed by atoms with Crippen molar-refractivity contribution in [2.75, 3.05) is 17.2 Å². The standard InChI is InChI=1S/C18H25FN6.H2/c1-3-5-13(4-2)23-18-22-11-14(19)16(25-18)17-20-9-8-15(24-17)21-10-12-6-7-12;/h8-9,11-13H,3-7,10H2,1-2H3,(H,20,21,24)(H,22,23,25);1H/t13-;/m0./s1. The minimum Gasteiger partial charge on any atom is -0.370 e. The van der Waals surface area contributed by atoms with Crippen LogP contribution in [0.2, 0.25) is 0 Å². The van der Waals surface area contributed by atoms with Crippen LogP contribution in [0.4, 0.5) is 16.2 Å². The summed E-state index contributed by atoms with van der Waals surface area (Å²) in [6.45, 7) is 5.13. The van der Waals surface area contributed by atoms with Crippen LogP contribution in [0.15, 0.2) is 18.5 Å². The second-order valence-corrected chi connectivity index (χ2v) is 6.52. The van der Waals surface area contributed by atoms with Gasteiger partial charge in [-0.2, -0.15) is 0 Å². The molecule has 136 valence electrons. The van der Waals surface area contributed by atoms with Crippen LogP contribution < -0.4 is 10.6 Å². The zero-order chi connectivity index (χ0) is 17.6. The predicted molar refractivity (Wildman–Crippen MR) is 99.0 cm³/mol. The van der Waals surface area contributed by atoms with Crippen molar-refractivity contribution in [3.05, 3.63) is 24.3 Å². The van der Waals surface area contributed by atoms with Gasteiger partial charge in [-0.1, -0.05) is 20.3 Å². The number of anilines is 2. The van der Waals surface area contributed by atoms with E-state index in [1.54, 1.807) is 12.3 Å². The molecule has 0 radical (unpaired) electrons. The number of rotatable bonds is 9. The Kier molecular flexibility index (Phi) is 5.73. The van der Waals surface area contributed by atoms with Gasteiger partial charge in [-0.15, -0.1) is 0 Å². The Morgan fingerprint density at radius 2 is 2.12 bits per heavy atom. The fourth-order valence-electron chi connectivity index (χ4n) is 2.64. The van der Waals surface area contributed by atoms with E-state index in [0.717, 1.165) is 31.7 Å². The molecule has 0 spiro atoms. The number of aromatic nitrogens is 4. The third-order valence-electron chi connectivity index (χ3n) is 4.34. The molecule has 1 fully saturated rings. The highest BCUT2D eigenvalue weighted by molar-refractivity contribution is 5.54. The Bertz CT molecular complexity index is 710. The lowest BCUT2D eigenvalue weighted by Crippen LogP contribution is -2.20. The number of nitrogens with zero attached hydrogens (tertiary/aromatic N) is 4. The van der Waals surface area contributed by atoms with Gasteiger partial charge in [0.2, 0.25) is 5.95 Å². The summed E-state index contributed by atoms with van der Waals surface area (Å²) >= 11 is 0. The Labute approximate surface area is 149 Å². The molecule has 0 aromatic carbocycles. The third-order valence-corrected chi connectivity index (χ3v) is 4.34. The van der Waals surface area contributed by atoms with E-state index in [2.05, 4.69) is 44.4 Å². The number of nitrogens with one attached hydrogen (secondary N) is 2. The fraction of sp³-hybridized carbons (Fsp3) is 0.556. The quantitative estimate of drug-likeness (QED) is 0.711. The highest BCUT2D eigenvalue weighted by Crippen LogP contribution is 2.29. The van der Waals surface area contributed by atoms with Crippen molar-refractivity contribution >= 4 is 11.8 Å². The SMILES string of the molecule is CCC[C@H](CC)Nc1ncc(F)c(-c2nccc(NCC3CC3)n2)n1.[HH]. The number of hydrogen-bond acceptors (Lipinski definition) is 6. The average molecular weight is 346 g/mol. The van der Waals surface area contributed by atoms with E-state index >= 15 is 0 Å². The molecule has 0 unspecified atom stereocenters. The van der Waals surface area contributed by atoms with Crippen molar-refractivity contribution in [2.24, 2.45) is 5.92 Å². The lowest BCUT2D eigenvalue weighted by Gasteiger charge is -2.16. The molecule has 3 rings (SSSR count). The van der Waals surface area contributed by atoms with Gasteiger partial charge < -0.3 is 10.6 Å². The van der Waals surface area contributed by atoms with Gasteiger partial charge in [-0.3, -0.25) is 0 Å². The van der Waals surface area contributed by atoms with E-state index in [1.165, 1.54) is 19.0 Å². The molecule has 0 bridgehead atoms. The van der Waals surface area contributed by atoms with Crippen LogP contribution in [0.1, 0.15) is 47.4 Å². The van der Waals surface area contributed by atoms with Gasteiger partial charge in [0.15, 0.2) is 11.6 Å².